The lowest BCUT2D eigenvalue weighted by atomic mass is 9.73. The van der Waals surface area contributed by atoms with E-state index in [0.717, 1.165) is 0 Å². The molecule has 0 aromatic carbocycles. The Bertz CT molecular complexity index is 147. The molecule has 1 atom stereocenters. The molecule has 1 heteroatoms. The van der Waals surface area contributed by atoms with Crippen LogP contribution in [-0.2, 0) is 0 Å². The molecule has 0 amide bonds. The Morgan fingerprint density at radius 1 is 1.09 bits per heavy atom. The molecule has 1 heterocycles. The van der Waals surface area contributed by atoms with Crippen molar-refractivity contribution in [1.29, 1.82) is 0 Å². The zero-order valence-corrected chi connectivity index (χ0v) is 8.49. The maximum absolute atomic E-state index is 3.65. The maximum Gasteiger partial charge on any atom is 0.0128 e. The van der Waals surface area contributed by atoms with Gasteiger partial charge in [0.05, 0.1) is 0 Å². The zero-order valence-electron chi connectivity index (χ0n) is 8.49. The summed E-state index contributed by atoms with van der Waals surface area (Å²) in [5, 5.41) is 3.65. The van der Waals surface area contributed by atoms with Crippen LogP contribution in [0.2, 0.25) is 0 Å². The van der Waals surface area contributed by atoms with Gasteiger partial charge in [-0.3, -0.25) is 0 Å². The van der Waals surface area contributed by atoms with Crippen molar-refractivity contribution in [1.82, 2.24) is 5.32 Å². The second kappa shape index (κ2) is 2.48. The fourth-order valence-electron chi connectivity index (χ4n) is 1.70. The summed E-state index contributed by atoms with van der Waals surface area (Å²) < 4.78 is 0. The van der Waals surface area contributed by atoms with Crippen LogP contribution in [-0.4, -0.2) is 11.6 Å². The molecule has 1 unspecified atom stereocenters. The molecule has 1 saturated heterocycles. The van der Waals surface area contributed by atoms with Gasteiger partial charge < -0.3 is 5.32 Å². The monoisotopic (exact) mass is 155 g/mol. The number of nitrogens with one attached hydrogen (secondary N) is 1. The third-order valence-electron chi connectivity index (χ3n) is 3.17. The Balaban J connectivity index is 2.63. The predicted molar refractivity (Wildman–Crippen MR) is 49.7 cm³/mol. The Hall–Kier alpha value is -0.0400. The quantitative estimate of drug-likeness (QED) is 0.567. The highest BCUT2D eigenvalue weighted by Gasteiger charge is 2.36. The average Bonchev–Trinajstić information content (AvgIpc) is 1.81. The van der Waals surface area contributed by atoms with Gasteiger partial charge in [-0.1, -0.05) is 13.8 Å². The molecule has 0 aliphatic carbocycles. The number of piperidine rings is 1. The number of rotatable bonds is 0. The molecule has 1 nitrogen and oxygen atoms in total. The molecule has 1 rings (SSSR count). The van der Waals surface area contributed by atoms with E-state index in [1.807, 2.05) is 0 Å². The molecule has 0 aromatic heterocycles. The predicted octanol–water partition coefficient (Wildman–Crippen LogP) is 2.56. The molecule has 66 valence electrons. The van der Waals surface area contributed by atoms with Crippen LogP contribution < -0.4 is 5.32 Å². The van der Waals surface area contributed by atoms with Crippen LogP contribution in [0.3, 0.4) is 0 Å². The van der Waals surface area contributed by atoms with Crippen molar-refractivity contribution in [3.63, 3.8) is 0 Å². The Kier molecular flexibility index (Phi) is 2.04. The maximum atomic E-state index is 3.65. The van der Waals surface area contributed by atoms with Crippen molar-refractivity contribution >= 4 is 0 Å². The molecule has 0 bridgehead atoms. The highest BCUT2D eigenvalue weighted by Crippen LogP contribution is 2.35. The van der Waals surface area contributed by atoms with Gasteiger partial charge in [-0.15, -0.1) is 0 Å². The van der Waals surface area contributed by atoms with Crippen molar-refractivity contribution in [2.24, 2.45) is 5.41 Å². The molecule has 1 fully saturated rings. The van der Waals surface area contributed by atoms with Crippen LogP contribution in [0.25, 0.3) is 0 Å². The van der Waals surface area contributed by atoms with Gasteiger partial charge in [-0.25, -0.2) is 0 Å². The number of hydrogen-bond donors (Lipinski definition) is 1. The van der Waals surface area contributed by atoms with Crippen LogP contribution in [0.4, 0.5) is 0 Å². The van der Waals surface area contributed by atoms with E-state index in [4.69, 9.17) is 0 Å². The van der Waals surface area contributed by atoms with Crippen LogP contribution in [0, 0.1) is 5.41 Å². The van der Waals surface area contributed by atoms with E-state index in [2.05, 4.69) is 39.9 Å². The lowest BCUT2D eigenvalue weighted by molar-refractivity contribution is 0.118. The van der Waals surface area contributed by atoms with Crippen molar-refractivity contribution in [2.75, 3.05) is 0 Å². The summed E-state index contributed by atoms with van der Waals surface area (Å²) in [6.07, 6.45) is 2.64. The van der Waals surface area contributed by atoms with Gasteiger partial charge in [0.1, 0.15) is 0 Å². The Morgan fingerprint density at radius 3 is 2.00 bits per heavy atom. The van der Waals surface area contributed by atoms with Crippen molar-refractivity contribution in [3.8, 4) is 0 Å². The molecule has 0 spiro atoms. The van der Waals surface area contributed by atoms with Gasteiger partial charge in [0, 0.05) is 11.6 Å². The number of hydrogen-bond acceptors (Lipinski definition) is 1. The summed E-state index contributed by atoms with van der Waals surface area (Å²) in [4.78, 5) is 0. The standard InChI is InChI=1S/C10H21N/c1-8-9(2,3)6-7-10(4,5)11-8/h8,11H,6-7H2,1-5H3. The molecule has 1 aliphatic rings. The third kappa shape index (κ3) is 1.96. The summed E-state index contributed by atoms with van der Waals surface area (Å²) in [6, 6.07) is 0.645. The topological polar surface area (TPSA) is 12.0 Å². The normalized spacial score (nSPS) is 35.2. The third-order valence-corrected chi connectivity index (χ3v) is 3.17. The second-order valence-corrected chi connectivity index (χ2v) is 5.24. The molecule has 0 saturated carbocycles. The molecule has 0 aromatic rings. The molecule has 1 aliphatic heterocycles. The van der Waals surface area contributed by atoms with E-state index in [9.17, 15) is 0 Å². The van der Waals surface area contributed by atoms with Gasteiger partial charge in [0.25, 0.3) is 0 Å². The molecule has 11 heavy (non-hydrogen) atoms. The highest BCUT2D eigenvalue weighted by atomic mass is 15.0. The van der Waals surface area contributed by atoms with Gasteiger partial charge >= 0.3 is 0 Å². The van der Waals surface area contributed by atoms with E-state index in [-0.39, 0.29) is 0 Å². The minimum absolute atomic E-state index is 0.356. The molecule has 0 radical (unpaired) electrons. The Labute approximate surface area is 70.6 Å². The van der Waals surface area contributed by atoms with Gasteiger partial charge in [-0.05, 0) is 39.0 Å². The van der Waals surface area contributed by atoms with Crippen molar-refractivity contribution in [3.05, 3.63) is 0 Å². The lowest BCUT2D eigenvalue weighted by Crippen LogP contribution is -2.55. The zero-order chi connectivity index (χ0) is 8.70. The Morgan fingerprint density at radius 2 is 1.64 bits per heavy atom. The van der Waals surface area contributed by atoms with Gasteiger partial charge in [0.15, 0.2) is 0 Å². The van der Waals surface area contributed by atoms with Crippen LogP contribution in [0.15, 0.2) is 0 Å². The second-order valence-electron chi connectivity index (χ2n) is 5.24. The first-order valence-electron chi connectivity index (χ1n) is 4.61. The van der Waals surface area contributed by atoms with E-state index < -0.39 is 0 Å². The fraction of sp³-hybridized carbons (Fsp3) is 1.00. The van der Waals surface area contributed by atoms with Gasteiger partial charge in [0.2, 0.25) is 0 Å². The van der Waals surface area contributed by atoms with Gasteiger partial charge in [-0.2, -0.15) is 0 Å². The average molecular weight is 155 g/mol. The van der Waals surface area contributed by atoms with E-state index in [1.54, 1.807) is 0 Å². The summed E-state index contributed by atoms with van der Waals surface area (Å²) in [6.45, 7) is 11.6. The highest BCUT2D eigenvalue weighted by molar-refractivity contribution is 4.94. The van der Waals surface area contributed by atoms with Crippen LogP contribution in [0.5, 0.6) is 0 Å². The van der Waals surface area contributed by atoms with Crippen LogP contribution >= 0.6 is 0 Å². The molecule has 1 N–H and O–H groups in total. The minimum Gasteiger partial charge on any atom is -0.309 e. The minimum atomic E-state index is 0.356. The SMILES string of the molecule is CC1NC(C)(C)CCC1(C)C. The van der Waals surface area contributed by atoms with E-state index in [0.29, 0.717) is 17.0 Å². The summed E-state index contributed by atoms with van der Waals surface area (Å²) >= 11 is 0. The smallest absolute Gasteiger partial charge is 0.0128 e. The van der Waals surface area contributed by atoms with E-state index in [1.165, 1.54) is 12.8 Å². The van der Waals surface area contributed by atoms with Crippen molar-refractivity contribution in [2.45, 2.75) is 59.0 Å². The summed E-state index contributed by atoms with van der Waals surface area (Å²) in [7, 11) is 0. The molecular weight excluding hydrogens is 134 g/mol. The summed E-state index contributed by atoms with van der Waals surface area (Å²) in [5.41, 5.74) is 0.838. The van der Waals surface area contributed by atoms with E-state index >= 15 is 0 Å². The lowest BCUT2D eigenvalue weighted by Gasteiger charge is -2.45. The first-order valence-corrected chi connectivity index (χ1v) is 4.61. The summed E-state index contributed by atoms with van der Waals surface area (Å²) in [5.74, 6) is 0. The molecular formula is C10H21N. The first kappa shape index (κ1) is 9.05. The first-order chi connectivity index (χ1) is 4.83. The van der Waals surface area contributed by atoms with Crippen LogP contribution in [0.1, 0.15) is 47.5 Å². The van der Waals surface area contributed by atoms with Crippen molar-refractivity contribution < 1.29 is 0 Å². The largest absolute Gasteiger partial charge is 0.309 e. The fourth-order valence-corrected chi connectivity index (χ4v) is 1.70.